The van der Waals surface area contributed by atoms with Crippen molar-refractivity contribution in [1.82, 2.24) is 24.6 Å². The van der Waals surface area contributed by atoms with Gasteiger partial charge in [-0.3, -0.25) is 18.8 Å². The number of carbonyl (C=O) groups is 1. The molecule has 0 bridgehead atoms. The number of nitrogens with one attached hydrogen (secondary N) is 1. The first-order valence-corrected chi connectivity index (χ1v) is 10.1. The molecule has 158 valence electrons. The quantitative estimate of drug-likeness (QED) is 0.633. The van der Waals surface area contributed by atoms with E-state index < -0.39 is 0 Å². The molecule has 1 aliphatic heterocycles. The van der Waals surface area contributed by atoms with Gasteiger partial charge >= 0.3 is 0 Å². The highest BCUT2D eigenvalue weighted by atomic mass is 16.5. The molecule has 3 aromatic rings. The van der Waals surface area contributed by atoms with Crippen molar-refractivity contribution in [3.8, 4) is 11.5 Å². The van der Waals surface area contributed by atoms with Crippen LogP contribution in [0.2, 0.25) is 0 Å². The molecule has 1 unspecified atom stereocenters. The summed E-state index contributed by atoms with van der Waals surface area (Å²) in [5.41, 5.74) is 2.31. The number of amides is 1. The fraction of sp³-hybridized carbons (Fsp3) is 0.429. The maximum atomic E-state index is 12.5. The van der Waals surface area contributed by atoms with Gasteiger partial charge in [-0.15, -0.1) is 0 Å². The van der Waals surface area contributed by atoms with E-state index in [1.807, 2.05) is 26.0 Å². The van der Waals surface area contributed by atoms with Gasteiger partial charge in [0.05, 0.1) is 19.1 Å². The molecule has 1 aromatic carbocycles. The molecule has 4 rings (SSSR count). The van der Waals surface area contributed by atoms with E-state index in [-0.39, 0.29) is 30.5 Å². The second kappa shape index (κ2) is 8.17. The number of fused-ring (bicyclic) bond motifs is 2. The van der Waals surface area contributed by atoms with Gasteiger partial charge in [-0.25, -0.2) is 4.98 Å². The number of nitrogens with zero attached hydrogens (tertiary/aromatic N) is 4. The first-order valence-electron chi connectivity index (χ1n) is 10.1. The summed E-state index contributed by atoms with van der Waals surface area (Å²) < 4.78 is 14.5. The summed E-state index contributed by atoms with van der Waals surface area (Å²) in [6, 6.07) is 3.94. The maximum Gasteiger partial charge on any atom is 0.264 e. The fourth-order valence-corrected chi connectivity index (χ4v) is 3.64. The van der Waals surface area contributed by atoms with Gasteiger partial charge in [-0.2, -0.15) is 5.10 Å². The summed E-state index contributed by atoms with van der Waals surface area (Å²) in [5, 5.41) is 7.39. The van der Waals surface area contributed by atoms with E-state index in [0.717, 1.165) is 29.0 Å². The minimum atomic E-state index is -0.204. The number of aromatic nitrogens is 4. The zero-order valence-corrected chi connectivity index (χ0v) is 17.3. The van der Waals surface area contributed by atoms with Crippen LogP contribution in [0.5, 0.6) is 11.5 Å². The van der Waals surface area contributed by atoms with Crippen molar-refractivity contribution in [2.24, 2.45) is 7.05 Å². The van der Waals surface area contributed by atoms with Crippen LogP contribution in [0.4, 0.5) is 0 Å². The third-order valence-electron chi connectivity index (χ3n) is 5.15. The number of ether oxygens (including phenoxy) is 2. The Balaban J connectivity index is 1.40. The Kier molecular flexibility index (Phi) is 5.43. The lowest BCUT2D eigenvalue weighted by molar-refractivity contribution is -0.121. The van der Waals surface area contributed by atoms with Crippen LogP contribution in [-0.2, 0) is 31.4 Å². The molecule has 0 aliphatic carbocycles. The molecule has 1 N–H and O–H groups in total. The van der Waals surface area contributed by atoms with E-state index in [2.05, 4.69) is 15.4 Å². The molecule has 9 nitrogen and oxygen atoms in total. The minimum Gasteiger partial charge on any atom is -0.494 e. The molecule has 0 radical (unpaired) electrons. The molecule has 0 saturated heterocycles. The number of aryl methyl sites for hydroxylation is 2. The number of benzene rings is 1. The smallest absolute Gasteiger partial charge is 0.264 e. The van der Waals surface area contributed by atoms with E-state index in [1.165, 1.54) is 17.1 Å². The van der Waals surface area contributed by atoms with Crippen molar-refractivity contribution in [1.29, 1.82) is 0 Å². The molecule has 9 heteroatoms. The summed E-state index contributed by atoms with van der Waals surface area (Å²) in [4.78, 5) is 29.1. The number of hydrogen-bond acceptors (Lipinski definition) is 6. The van der Waals surface area contributed by atoms with Crippen molar-refractivity contribution in [2.45, 2.75) is 45.9 Å². The first kappa shape index (κ1) is 19.9. The number of carbonyl (C=O) groups excluding carboxylic acids is 1. The van der Waals surface area contributed by atoms with Crippen molar-refractivity contribution < 1.29 is 14.3 Å². The molecule has 30 heavy (non-hydrogen) atoms. The van der Waals surface area contributed by atoms with E-state index in [1.54, 1.807) is 11.7 Å². The van der Waals surface area contributed by atoms with Crippen LogP contribution >= 0.6 is 0 Å². The third kappa shape index (κ3) is 3.87. The molecular formula is C21H25N5O4. The van der Waals surface area contributed by atoms with Crippen LogP contribution in [0, 0.1) is 0 Å². The summed E-state index contributed by atoms with van der Waals surface area (Å²) in [5.74, 6) is 1.44. The Morgan fingerprint density at radius 1 is 1.40 bits per heavy atom. The van der Waals surface area contributed by atoms with Gasteiger partial charge in [0.1, 0.15) is 23.0 Å². The lowest BCUT2D eigenvalue weighted by atomic mass is 10.1. The van der Waals surface area contributed by atoms with Crippen LogP contribution in [-0.4, -0.2) is 37.9 Å². The Morgan fingerprint density at radius 3 is 3.03 bits per heavy atom. The standard InChI is InChI=1S/C21H25N5O4/c1-4-29-17-8-14-7-13(2)30-18(14)9-15(17)10-22-19(27)5-6-26-12-23-20-16(21(26)28)11-24-25(20)3/h8-9,11-13H,4-7,10H2,1-3H3,(H,22,27). The summed E-state index contributed by atoms with van der Waals surface area (Å²) >= 11 is 0. The van der Waals surface area contributed by atoms with E-state index in [0.29, 0.717) is 24.2 Å². The first-order chi connectivity index (χ1) is 14.5. The molecule has 1 aliphatic rings. The highest BCUT2D eigenvalue weighted by Gasteiger charge is 2.22. The van der Waals surface area contributed by atoms with Gasteiger partial charge < -0.3 is 14.8 Å². The van der Waals surface area contributed by atoms with Crippen LogP contribution in [0.25, 0.3) is 11.0 Å². The van der Waals surface area contributed by atoms with Crippen molar-refractivity contribution in [2.75, 3.05) is 6.61 Å². The summed E-state index contributed by atoms with van der Waals surface area (Å²) in [6.45, 7) is 5.07. The Bertz CT molecular complexity index is 1150. The van der Waals surface area contributed by atoms with Gasteiger partial charge in [0.25, 0.3) is 5.56 Å². The van der Waals surface area contributed by atoms with Crippen molar-refractivity contribution in [3.63, 3.8) is 0 Å². The molecule has 0 fully saturated rings. The summed E-state index contributed by atoms with van der Waals surface area (Å²) in [6.07, 6.45) is 4.10. The van der Waals surface area contributed by atoms with Crippen LogP contribution in [0.15, 0.2) is 29.5 Å². The predicted molar refractivity (Wildman–Crippen MR) is 111 cm³/mol. The van der Waals surface area contributed by atoms with Crippen molar-refractivity contribution in [3.05, 3.63) is 46.1 Å². The molecule has 1 amide bonds. The van der Waals surface area contributed by atoms with E-state index in [9.17, 15) is 9.59 Å². The lowest BCUT2D eigenvalue weighted by Crippen LogP contribution is -2.27. The van der Waals surface area contributed by atoms with Crippen LogP contribution in [0.1, 0.15) is 31.4 Å². The van der Waals surface area contributed by atoms with Gasteiger partial charge in [0.2, 0.25) is 5.91 Å². The average molecular weight is 411 g/mol. The molecule has 2 aromatic heterocycles. The molecule has 0 spiro atoms. The van der Waals surface area contributed by atoms with Crippen LogP contribution in [0.3, 0.4) is 0 Å². The molecule has 0 saturated carbocycles. The topological polar surface area (TPSA) is 100 Å². The van der Waals surface area contributed by atoms with E-state index in [4.69, 9.17) is 9.47 Å². The Labute approximate surface area is 173 Å². The van der Waals surface area contributed by atoms with E-state index >= 15 is 0 Å². The second-order valence-corrected chi connectivity index (χ2v) is 7.41. The van der Waals surface area contributed by atoms with Gasteiger partial charge in [0, 0.05) is 44.1 Å². The molecular weight excluding hydrogens is 386 g/mol. The highest BCUT2D eigenvalue weighted by molar-refractivity contribution is 5.76. The van der Waals surface area contributed by atoms with Crippen molar-refractivity contribution >= 4 is 16.9 Å². The monoisotopic (exact) mass is 411 g/mol. The Hall–Kier alpha value is -3.36. The second-order valence-electron chi connectivity index (χ2n) is 7.41. The SMILES string of the molecule is CCOc1cc2c(cc1CNC(=O)CCn1cnc3c(cnn3C)c1=O)OC(C)C2. The number of rotatable bonds is 7. The maximum absolute atomic E-state index is 12.5. The highest BCUT2D eigenvalue weighted by Crippen LogP contribution is 2.35. The van der Waals surface area contributed by atoms with Crippen LogP contribution < -0.4 is 20.3 Å². The molecule has 1 atom stereocenters. The largest absolute Gasteiger partial charge is 0.494 e. The Morgan fingerprint density at radius 2 is 2.23 bits per heavy atom. The minimum absolute atomic E-state index is 0.142. The molecule has 3 heterocycles. The third-order valence-corrected chi connectivity index (χ3v) is 5.15. The normalized spacial score (nSPS) is 15.1. The van der Waals surface area contributed by atoms with Gasteiger partial charge in [0.15, 0.2) is 5.65 Å². The zero-order chi connectivity index (χ0) is 21.3. The number of hydrogen-bond donors (Lipinski definition) is 1. The zero-order valence-electron chi connectivity index (χ0n) is 17.3. The van der Waals surface area contributed by atoms with Gasteiger partial charge in [-0.1, -0.05) is 0 Å². The average Bonchev–Trinajstić information content (AvgIpc) is 3.27. The fourth-order valence-electron chi connectivity index (χ4n) is 3.64. The van der Waals surface area contributed by atoms with Gasteiger partial charge in [-0.05, 0) is 26.0 Å². The summed E-state index contributed by atoms with van der Waals surface area (Å²) in [7, 11) is 1.73. The lowest BCUT2D eigenvalue weighted by Gasteiger charge is -2.13. The predicted octanol–water partition coefficient (Wildman–Crippen LogP) is 1.56.